The van der Waals surface area contributed by atoms with Crippen molar-refractivity contribution >= 4 is 33.7 Å². The van der Waals surface area contributed by atoms with Crippen LogP contribution in [0.3, 0.4) is 0 Å². The summed E-state index contributed by atoms with van der Waals surface area (Å²) in [5, 5.41) is 5.86. The van der Waals surface area contributed by atoms with Gasteiger partial charge in [0.15, 0.2) is 0 Å². The summed E-state index contributed by atoms with van der Waals surface area (Å²) in [6.07, 6.45) is 3.47. The molecule has 0 unspecified atom stereocenters. The number of aromatic nitrogens is 6. The standard InChI is InChI=1S/C19H13ClN6O/c1-26-5-4-14(25-26)17-12(6-10-2-3-16(27)23-19(10)24-17)11-7-13(20)18-15(8-11)21-9-22-18/h2-9H,1H3,(H,21,22)(H,23,24,27). The average Bonchev–Trinajstić information content (AvgIpc) is 3.29. The van der Waals surface area contributed by atoms with Gasteiger partial charge in [0.25, 0.3) is 0 Å². The van der Waals surface area contributed by atoms with E-state index >= 15 is 0 Å². The smallest absolute Gasteiger partial charge is 0.249 e. The van der Waals surface area contributed by atoms with Crippen molar-refractivity contribution in [3.05, 3.63) is 64.3 Å². The minimum atomic E-state index is -0.198. The summed E-state index contributed by atoms with van der Waals surface area (Å²) in [5.41, 5.74) is 5.01. The Labute approximate surface area is 157 Å². The highest BCUT2D eigenvalue weighted by Crippen LogP contribution is 2.35. The molecule has 0 saturated heterocycles. The van der Waals surface area contributed by atoms with Gasteiger partial charge in [-0.2, -0.15) is 5.10 Å². The van der Waals surface area contributed by atoms with Crippen molar-refractivity contribution < 1.29 is 0 Å². The van der Waals surface area contributed by atoms with Gasteiger partial charge < -0.3 is 9.97 Å². The van der Waals surface area contributed by atoms with Gasteiger partial charge in [-0.1, -0.05) is 11.6 Å². The zero-order valence-electron chi connectivity index (χ0n) is 14.2. The van der Waals surface area contributed by atoms with Crippen molar-refractivity contribution in [2.24, 2.45) is 7.05 Å². The summed E-state index contributed by atoms with van der Waals surface area (Å²) < 4.78 is 1.71. The lowest BCUT2D eigenvalue weighted by Gasteiger charge is -2.10. The first kappa shape index (κ1) is 15.8. The third kappa shape index (κ3) is 2.60. The number of hydrogen-bond donors (Lipinski definition) is 2. The zero-order valence-corrected chi connectivity index (χ0v) is 14.9. The molecule has 4 heterocycles. The van der Waals surface area contributed by atoms with Gasteiger partial charge in [0.2, 0.25) is 5.56 Å². The summed E-state index contributed by atoms with van der Waals surface area (Å²) in [5.74, 6) is 0. The molecule has 5 aromatic rings. The molecule has 7 nitrogen and oxygen atoms in total. The van der Waals surface area contributed by atoms with Gasteiger partial charge in [-0.25, -0.2) is 9.97 Å². The third-order valence-corrected chi connectivity index (χ3v) is 4.74. The molecule has 0 amide bonds. The van der Waals surface area contributed by atoms with E-state index in [1.807, 2.05) is 37.5 Å². The van der Waals surface area contributed by atoms with Crippen molar-refractivity contribution in [2.45, 2.75) is 0 Å². The fourth-order valence-corrected chi connectivity index (χ4v) is 3.47. The molecular weight excluding hydrogens is 364 g/mol. The highest BCUT2D eigenvalue weighted by molar-refractivity contribution is 6.35. The SMILES string of the molecule is Cn1ccc(-c2nc3[nH]c(=O)ccc3cc2-c2cc(Cl)c3nc[nH]c3c2)n1. The summed E-state index contributed by atoms with van der Waals surface area (Å²) in [7, 11) is 1.85. The van der Waals surface area contributed by atoms with E-state index in [-0.39, 0.29) is 5.56 Å². The van der Waals surface area contributed by atoms with E-state index < -0.39 is 0 Å². The molecule has 2 N–H and O–H groups in total. The van der Waals surface area contributed by atoms with Gasteiger partial charge in [0.05, 0.1) is 16.9 Å². The molecule has 132 valence electrons. The molecule has 0 bridgehead atoms. The van der Waals surface area contributed by atoms with Crippen molar-refractivity contribution in [1.82, 2.24) is 29.7 Å². The molecular formula is C19H13ClN6O. The van der Waals surface area contributed by atoms with E-state index in [2.05, 4.69) is 20.1 Å². The number of pyridine rings is 2. The van der Waals surface area contributed by atoms with Crippen LogP contribution in [0.1, 0.15) is 0 Å². The molecule has 0 saturated carbocycles. The number of aryl methyl sites for hydroxylation is 1. The van der Waals surface area contributed by atoms with E-state index in [0.29, 0.717) is 22.1 Å². The van der Waals surface area contributed by atoms with Crippen LogP contribution < -0.4 is 5.56 Å². The second-order valence-corrected chi connectivity index (χ2v) is 6.68. The maximum atomic E-state index is 11.7. The van der Waals surface area contributed by atoms with Gasteiger partial charge in [-0.05, 0) is 35.9 Å². The number of halogens is 1. The second kappa shape index (κ2) is 5.78. The summed E-state index contributed by atoms with van der Waals surface area (Å²) in [6, 6.07) is 11.0. The highest BCUT2D eigenvalue weighted by atomic mass is 35.5. The molecule has 4 aromatic heterocycles. The first-order valence-electron chi connectivity index (χ1n) is 8.25. The first-order chi connectivity index (χ1) is 13.1. The van der Waals surface area contributed by atoms with Crippen molar-refractivity contribution in [2.75, 3.05) is 0 Å². The predicted molar refractivity (Wildman–Crippen MR) is 105 cm³/mol. The molecule has 0 spiro atoms. The van der Waals surface area contributed by atoms with Crippen LogP contribution in [0.25, 0.3) is 44.6 Å². The van der Waals surface area contributed by atoms with Crippen LogP contribution >= 0.6 is 11.6 Å². The molecule has 0 aliphatic rings. The Hall–Kier alpha value is -3.45. The van der Waals surface area contributed by atoms with E-state index in [9.17, 15) is 4.79 Å². The second-order valence-electron chi connectivity index (χ2n) is 6.28. The number of benzene rings is 1. The van der Waals surface area contributed by atoms with Crippen LogP contribution in [0, 0.1) is 0 Å². The number of fused-ring (bicyclic) bond motifs is 2. The minimum absolute atomic E-state index is 0.198. The maximum absolute atomic E-state index is 11.7. The summed E-state index contributed by atoms with van der Waals surface area (Å²) in [4.78, 5) is 26.5. The van der Waals surface area contributed by atoms with Gasteiger partial charge in [0, 0.05) is 30.3 Å². The van der Waals surface area contributed by atoms with Crippen LogP contribution in [-0.4, -0.2) is 29.7 Å². The zero-order chi connectivity index (χ0) is 18.5. The summed E-state index contributed by atoms with van der Waals surface area (Å²) >= 11 is 6.42. The first-order valence-corrected chi connectivity index (χ1v) is 8.63. The Kier molecular flexibility index (Phi) is 3.38. The van der Waals surface area contributed by atoms with Gasteiger partial charge in [0.1, 0.15) is 22.6 Å². The Morgan fingerprint density at radius 1 is 1.15 bits per heavy atom. The van der Waals surface area contributed by atoms with E-state index in [1.54, 1.807) is 17.1 Å². The Morgan fingerprint density at radius 2 is 2.04 bits per heavy atom. The average molecular weight is 377 g/mol. The van der Waals surface area contributed by atoms with Crippen LogP contribution in [0.2, 0.25) is 5.02 Å². The van der Waals surface area contributed by atoms with Crippen molar-refractivity contribution in [3.8, 4) is 22.5 Å². The number of H-pyrrole nitrogens is 2. The van der Waals surface area contributed by atoms with Crippen LogP contribution in [-0.2, 0) is 7.05 Å². The minimum Gasteiger partial charge on any atom is -0.345 e. The topological polar surface area (TPSA) is 92.2 Å². The third-order valence-electron chi connectivity index (χ3n) is 4.45. The number of rotatable bonds is 2. The predicted octanol–water partition coefficient (Wildman–Crippen LogP) is 3.52. The lowest BCUT2D eigenvalue weighted by atomic mass is 10.00. The normalized spacial score (nSPS) is 11.5. The van der Waals surface area contributed by atoms with Crippen LogP contribution in [0.15, 0.2) is 53.7 Å². The Balaban J connectivity index is 1.85. The Morgan fingerprint density at radius 3 is 2.85 bits per heavy atom. The Bertz CT molecular complexity index is 1380. The monoisotopic (exact) mass is 376 g/mol. The number of nitrogens with zero attached hydrogens (tertiary/aromatic N) is 4. The van der Waals surface area contributed by atoms with Gasteiger partial charge in [-0.15, -0.1) is 0 Å². The van der Waals surface area contributed by atoms with E-state index in [1.165, 1.54) is 6.07 Å². The molecule has 0 atom stereocenters. The van der Waals surface area contributed by atoms with E-state index in [0.717, 1.165) is 27.5 Å². The number of aromatic amines is 2. The number of hydrogen-bond acceptors (Lipinski definition) is 4. The molecule has 0 aliphatic heterocycles. The number of nitrogens with one attached hydrogen (secondary N) is 2. The van der Waals surface area contributed by atoms with Gasteiger partial charge in [-0.3, -0.25) is 9.48 Å². The fraction of sp³-hybridized carbons (Fsp3) is 0.0526. The summed E-state index contributed by atoms with van der Waals surface area (Å²) in [6.45, 7) is 0. The molecule has 0 radical (unpaired) electrons. The molecule has 5 rings (SSSR count). The molecule has 27 heavy (non-hydrogen) atoms. The maximum Gasteiger partial charge on any atom is 0.249 e. The highest BCUT2D eigenvalue weighted by Gasteiger charge is 2.16. The van der Waals surface area contributed by atoms with E-state index in [4.69, 9.17) is 16.6 Å². The largest absolute Gasteiger partial charge is 0.345 e. The molecule has 1 aromatic carbocycles. The van der Waals surface area contributed by atoms with Gasteiger partial charge >= 0.3 is 0 Å². The quantitative estimate of drug-likeness (QED) is 0.493. The lowest BCUT2D eigenvalue weighted by Crippen LogP contribution is -2.04. The van der Waals surface area contributed by atoms with Crippen molar-refractivity contribution in [1.29, 1.82) is 0 Å². The lowest BCUT2D eigenvalue weighted by molar-refractivity contribution is 0.770. The molecule has 0 aliphatic carbocycles. The fourth-order valence-electron chi connectivity index (χ4n) is 3.20. The number of imidazole rings is 1. The van der Waals surface area contributed by atoms with Crippen molar-refractivity contribution in [3.63, 3.8) is 0 Å². The molecule has 0 fully saturated rings. The van der Waals surface area contributed by atoms with Crippen LogP contribution in [0.4, 0.5) is 0 Å². The molecule has 8 heteroatoms. The van der Waals surface area contributed by atoms with Crippen LogP contribution in [0.5, 0.6) is 0 Å².